The minimum atomic E-state index is -2.84. The molecule has 0 aromatic carbocycles. The molecule has 5 nitrogen and oxygen atoms in total. The molecule has 0 saturated carbocycles. The molecule has 88 valence electrons. The zero-order valence-electron chi connectivity index (χ0n) is 8.57. The number of halogens is 2. The molecule has 1 aliphatic heterocycles. The van der Waals surface area contributed by atoms with Crippen molar-refractivity contribution >= 4 is 5.95 Å². The Labute approximate surface area is 91.4 Å². The number of rotatable bonds is 3. The third-order valence-electron chi connectivity index (χ3n) is 2.24. The van der Waals surface area contributed by atoms with Crippen LogP contribution in [-0.4, -0.2) is 42.8 Å². The normalized spacial score (nSPS) is 16.6. The average Bonchev–Trinajstić information content (AvgIpc) is 2.30. The van der Waals surface area contributed by atoms with E-state index in [0.29, 0.717) is 5.95 Å². The molecule has 1 fully saturated rings. The largest absolute Gasteiger partial charge is 0.432 e. The number of anilines is 1. The standard InChI is InChI=1S/C9H12F2N4O/c10-8(11)16-7-5-13-9(14-6-7)15-3-1-12-2-4-15/h5-6,8,12H,1-4H2. The summed E-state index contributed by atoms with van der Waals surface area (Å²) < 4.78 is 27.9. The summed E-state index contributed by atoms with van der Waals surface area (Å²) in [6, 6.07) is 0. The molecule has 1 aromatic rings. The quantitative estimate of drug-likeness (QED) is 0.818. The summed E-state index contributed by atoms with van der Waals surface area (Å²) in [5.41, 5.74) is 0. The Morgan fingerprint density at radius 1 is 1.25 bits per heavy atom. The zero-order chi connectivity index (χ0) is 11.4. The van der Waals surface area contributed by atoms with Gasteiger partial charge in [0.1, 0.15) is 0 Å². The topological polar surface area (TPSA) is 50.3 Å². The van der Waals surface area contributed by atoms with Crippen molar-refractivity contribution in [2.45, 2.75) is 6.61 Å². The summed E-state index contributed by atoms with van der Waals surface area (Å²) in [5, 5.41) is 3.20. The molecule has 16 heavy (non-hydrogen) atoms. The predicted molar refractivity (Wildman–Crippen MR) is 53.7 cm³/mol. The lowest BCUT2D eigenvalue weighted by Gasteiger charge is -2.27. The molecule has 1 aromatic heterocycles. The van der Waals surface area contributed by atoms with E-state index in [2.05, 4.69) is 20.0 Å². The number of piperazine rings is 1. The molecule has 0 bridgehead atoms. The molecular weight excluding hydrogens is 218 g/mol. The van der Waals surface area contributed by atoms with Crippen LogP contribution in [-0.2, 0) is 0 Å². The minimum Gasteiger partial charge on any atom is -0.432 e. The summed E-state index contributed by atoms with van der Waals surface area (Å²) in [6.07, 6.45) is 2.52. The Morgan fingerprint density at radius 2 is 1.88 bits per heavy atom. The van der Waals surface area contributed by atoms with Crippen molar-refractivity contribution in [2.24, 2.45) is 0 Å². The SMILES string of the molecule is FC(F)Oc1cnc(N2CCNCC2)nc1. The highest BCUT2D eigenvalue weighted by atomic mass is 19.3. The van der Waals surface area contributed by atoms with Crippen LogP contribution in [0.3, 0.4) is 0 Å². The highest BCUT2D eigenvalue weighted by Crippen LogP contribution is 2.14. The van der Waals surface area contributed by atoms with Gasteiger partial charge < -0.3 is 15.0 Å². The van der Waals surface area contributed by atoms with E-state index in [-0.39, 0.29) is 5.75 Å². The molecule has 2 rings (SSSR count). The van der Waals surface area contributed by atoms with Crippen LogP contribution in [0.4, 0.5) is 14.7 Å². The van der Waals surface area contributed by atoms with Crippen LogP contribution in [0.15, 0.2) is 12.4 Å². The van der Waals surface area contributed by atoms with Crippen LogP contribution in [0, 0.1) is 0 Å². The van der Waals surface area contributed by atoms with Crippen LogP contribution in [0.2, 0.25) is 0 Å². The smallest absolute Gasteiger partial charge is 0.387 e. The maximum atomic E-state index is 11.9. The van der Waals surface area contributed by atoms with Crippen LogP contribution in [0.1, 0.15) is 0 Å². The number of alkyl halides is 2. The molecule has 1 aliphatic rings. The Morgan fingerprint density at radius 3 is 2.44 bits per heavy atom. The van der Waals surface area contributed by atoms with Gasteiger partial charge in [-0.15, -0.1) is 0 Å². The zero-order valence-corrected chi connectivity index (χ0v) is 8.57. The molecule has 7 heteroatoms. The van der Waals surface area contributed by atoms with E-state index in [1.807, 2.05) is 4.90 Å². The predicted octanol–water partition coefficient (Wildman–Crippen LogP) is 0.488. The summed E-state index contributed by atoms with van der Waals surface area (Å²) >= 11 is 0. The highest BCUT2D eigenvalue weighted by Gasteiger charge is 2.13. The monoisotopic (exact) mass is 230 g/mol. The first kappa shape index (κ1) is 11.0. The maximum Gasteiger partial charge on any atom is 0.387 e. The summed E-state index contributed by atoms with van der Waals surface area (Å²) in [6.45, 7) is 0.537. The molecule has 1 saturated heterocycles. The van der Waals surface area contributed by atoms with E-state index in [9.17, 15) is 8.78 Å². The second kappa shape index (κ2) is 5.02. The van der Waals surface area contributed by atoms with E-state index in [0.717, 1.165) is 26.2 Å². The van der Waals surface area contributed by atoms with Gasteiger partial charge in [-0.1, -0.05) is 0 Å². The fourth-order valence-electron chi connectivity index (χ4n) is 1.50. The van der Waals surface area contributed by atoms with Crippen molar-refractivity contribution in [2.75, 3.05) is 31.1 Å². The Hall–Kier alpha value is -1.50. The molecular formula is C9H12F2N4O. The van der Waals surface area contributed by atoms with Gasteiger partial charge in [-0.2, -0.15) is 8.78 Å². The van der Waals surface area contributed by atoms with E-state index in [1.165, 1.54) is 12.4 Å². The molecule has 2 heterocycles. The Kier molecular flexibility index (Phi) is 3.45. The Bertz CT molecular complexity index is 327. The first-order valence-electron chi connectivity index (χ1n) is 4.98. The number of hydrogen-bond acceptors (Lipinski definition) is 5. The van der Waals surface area contributed by atoms with E-state index in [1.54, 1.807) is 0 Å². The lowest BCUT2D eigenvalue weighted by molar-refractivity contribution is -0.0503. The number of hydrogen-bond donors (Lipinski definition) is 1. The van der Waals surface area contributed by atoms with Crippen molar-refractivity contribution in [3.63, 3.8) is 0 Å². The second-order valence-electron chi connectivity index (χ2n) is 3.33. The van der Waals surface area contributed by atoms with Crippen molar-refractivity contribution in [3.8, 4) is 5.75 Å². The van der Waals surface area contributed by atoms with Gasteiger partial charge in [0.05, 0.1) is 12.4 Å². The Balaban J connectivity index is 2.00. The van der Waals surface area contributed by atoms with Gasteiger partial charge in [-0.25, -0.2) is 9.97 Å². The molecule has 0 spiro atoms. The molecule has 0 aliphatic carbocycles. The van der Waals surface area contributed by atoms with Crippen LogP contribution >= 0.6 is 0 Å². The van der Waals surface area contributed by atoms with Crippen molar-refractivity contribution in [1.29, 1.82) is 0 Å². The molecule has 0 atom stereocenters. The fraction of sp³-hybridized carbons (Fsp3) is 0.556. The van der Waals surface area contributed by atoms with Gasteiger partial charge in [-0.05, 0) is 0 Å². The molecule has 0 radical (unpaired) electrons. The van der Waals surface area contributed by atoms with Gasteiger partial charge in [0.25, 0.3) is 0 Å². The van der Waals surface area contributed by atoms with Crippen molar-refractivity contribution in [3.05, 3.63) is 12.4 Å². The fourth-order valence-corrected chi connectivity index (χ4v) is 1.50. The average molecular weight is 230 g/mol. The number of nitrogens with one attached hydrogen (secondary N) is 1. The lowest BCUT2D eigenvalue weighted by Crippen LogP contribution is -2.44. The first-order chi connectivity index (χ1) is 7.75. The van der Waals surface area contributed by atoms with Crippen LogP contribution in [0.25, 0.3) is 0 Å². The summed E-state index contributed by atoms with van der Waals surface area (Å²) in [5.74, 6) is 0.525. The van der Waals surface area contributed by atoms with Gasteiger partial charge in [0.15, 0.2) is 5.75 Å². The van der Waals surface area contributed by atoms with Crippen LogP contribution < -0.4 is 15.0 Å². The van der Waals surface area contributed by atoms with E-state index in [4.69, 9.17) is 0 Å². The number of ether oxygens (including phenoxy) is 1. The third kappa shape index (κ3) is 2.75. The maximum absolute atomic E-state index is 11.9. The molecule has 0 amide bonds. The minimum absolute atomic E-state index is 0.0196. The van der Waals surface area contributed by atoms with Crippen molar-refractivity contribution in [1.82, 2.24) is 15.3 Å². The summed E-state index contributed by atoms with van der Waals surface area (Å²) in [7, 11) is 0. The van der Waals surface area contributed by atoms with E-state index < -0.39 is 6.61 Å². The van der Waals surface area contributed by atoms with Crippen molar-refractivity contribution < 1.29 is 13.5 Å². The second-order valence-corrected chi connectivity index (χ2v) is 3.33. The first-order valence-corrected chi connectivity index (χ1v) is 4.98. The van der Waals surface area contributed by atoms with Gasteiger partial charge in [0, 0.05) is 26.2 Å². The molecule has 1 N–H and O–H groups in total. The number of nitrogens with zero attached hydrogens (tertiary/aromatic N) is 3. The van der Waals surface area contributed by atoms with Gasteiger partial charge >= 0.3 is 6.61 Å². The summed E-state index contributed by atoms with van der Waals surface area (Å²) in [4.78, 5) is 9.96. The number of aromatic nitrogens is 2. The third-order valence-corrected chi connectivity index (χ3v) is 2.24. The van der Waals surface area contributed by atoms with Gasteiger partial charge in [0.2, 0.25) is 5.95 Å². The van der Waals surface area contributed by atoms with Crippen LogP contribution in [0.5, 0.6) is 5.75 Å². The van der Waals surface area contributed by atoms with Gasteiger partial charge in [-0.3, -0.25) is 0 Å². The lowest BCUT2D eigenvalue weighted by atomic mass is 10.4. The highest BCUT2D eigenvalue weighted by molar-refractivity contribution is 5.32. The molecule has 0 unspecified atom stereocenters. The van der Waals surface area contributed by atoms with E-state index >= 15 is 0 Å².